The number of hydrogen-bond donors (Lipinski definition) is 0. The molecule has 0 radical (unpaired) electrons. The second-order valence-electron chi connectivity index (χ2n) is 8.54. The first kappa shape index (κ1) is 28.3. The van der Waals surface area contributed by atoms with Crippen molar-refractivity contribution in [3.63, 3.8) is 0 Å². The number of aryl methyl sites for hydroxylation is 1. The minimum absolute atomic E-state index is 0.0397. The van der Waals surface area contributed by atoms with Crippen molar-refractivity contribution in [2.45, 2.75) is 33.2 Å². The van der Waals surface area contributed by atoms with E-state index in [1.807, 2.05) is 42.3 Å². The summed E-state index contributed by atoms with van der Waals surface area (Å²) >= 11 is 1.63. The maximum absolute atomic E-state index is 13.6. The summed E-state index contributed by atoms with van der Waals surface area (Å²) in [7, 11) is 3.21. The fourth-order valence-corrected chi connectivity index (χ4v) is 4.83. The maximum Gasteiger partial charge on any atom is 0.290 e. The van der Waals surface area contributed by atoms with Gasteiger partial charge in [-0.2, -0.15) is 0 Å². The standard InChI is InChI=1S/C28H36N2O6S/c1-5-35-15-7-13-30(28(32)24-8-6-16-36-24)20-27(31)29(19-26-21(2)12-17-37-26)14-11-22-9-10-23(33-3)25(18-22)34-4/h6,8-10,12,16-18H,5,7,11,13-15,19-20H2,1-4H3. The van der Waals surface area contributed by atoms with Gasteiger partial charge in [-0.15, -0.1) is 11.3 Å². The summed E-state index contributed by atoms with van der Waals surface area (Å²) in [5.74, 6) is 1.10. The summed E-state index contributed by atoms with van der Waals surface area (Å²) in [6.45, 7) is 6.43. The van der Waals surface area contributed by atoms with Crippen LogP contribution in [0.5, 0.6) is 11.5 Å². The lowest BCUT2D eigenvalue weighted by Gasteiger charge is -2.27. The Balaban J connectivity index is 1.76. The molecule has 0 unspecified atom stereocenters. The smallest absolute Gasteiger partial charge is 0.290 e. The van der Waals surface area contributed by atoms with Crippen LogP contribution >= 0.6 is 11.3 Å². The Labute approximate surface area is 222 Å². The molecule has 9 heteroatoms. The van der Waals surface area contributed by atoms with Gasteiger partial charge >= 0.3 is 0 Å². The van der Waals surface area contributed by atoms with Crippen LogP contribution in [0.25, 0.3) is 0 Å². The molecule has 0 aliphatic heterocycles. The molecule has 3 aromatic rings. The van der Waals surface area contributed by atoms with Gasteiger partial charge < -0.3 is 28.4 Å². The summed E-state index contributed by atoms with van der Waals surface area (Å²) in [6, 6.07) is 11.1. The zero-order chi connectivity index (χ0) is 26.6. The molecule has 200 valence electrons. The highest BCUT2D eigenvalue weighted by atomic mass is 32.1. The highest BCUT2D eigenvalue weighted by molar-refractivity contribution is 7.10. The Kier molecular flexibility index (Phi) is 11.0. The summed E-state index contributed by atoms with van der Waals surface area (Å²) in [5, 5.41) is 2.03. The molecule has 0 saturated heterocycles. The molecule has 3 rings (SSSR count). The normalized spacial score (nSPS) is 10.8. The van der Waals surface area contributed by atoms with Gasteiger partial charge in [-0.05, 0) is 73.5 Å². The first-order valence-corrected chi connectivity index (χ1v) is 13.3. The SMILES string of the molecule is CCOCCCN(CC(=O)N(CCc1ccc(OC)c(OC)c1)Cc1sccc1C)C(=O)c1ccco1. The van der Waals surface area contributed by atoms with Crippen LogP contribution in [0.15, 0.2) is 52.5 Å². The van der Waals surface area contributed by atoms with Crippen LogP contribution in [-0.4, -0.2) is 68.7 Å². The van der Waals surface area contributed by atoms with Crippen molar-refractivity contribution in [3.8, 4) is 11.5 Å². The van der Waals surface area contributed by atoms with Crippen molar-refractivity contribution in [1.29, 1.82) is 0 Å². The lowest BCUT2D eigenvalue weighted by Crippen LogP contribution is -2.43. The Bertz CT molecular complexity index is 1130. The number of methoxy groups -OCH3 is 2. The van der Waals surface area contributed by atoms with E-state index >= 15 is 0 Å². The van der Waals surface area contributed by atoms with Gasteiger partial charge in [0.05, 0.1) is 27.0 Å². The maximum atomic E-state index is 13.6. The number of hydrogen-bond acceptors (Lipinski definition) is 7. The number of rotatable bonds is 15. The molecule has 0 atom stereocenters. The molecule has 0 saturated carbocycles. The van der Waals surface area contributed by atoms with E-state index in [4.69, 9.17) is 18.6 Å². The molecule has 0 bridgehead atoms. The van der Waals surface area contributed by atoms with Gasteiger partial charge in [0, 0.05) is 31.2 Å². The molecule has 0 N–H and O–H groups in total. The van der Waals surface area contributed by atoms with E-state index in [-0.39, 0.29) is 24.1 Å². The number of carbonyl (C=O) groups is 2. The zero-order valence-electron chi connectivity index (χ0n) is 22.0. The first-order chi connectivity index (χ1) is 18.0. The molecule has 37 heavy (non-hydrogen) atoms. The summed E-state index contributed by atoms with van der Waals surface area (Å²) in [6.07, 6.45) is 2.72. The molecule has 0 aliphatic rings. The van der Waals surface area contributed by atoms with Crippen molar-refractivity contribution in [2.24, 2.45) is 0 Å². The zero-order valence-corrected chi connectivity index (χ0v) is 22.8. The summed E-state index contributed by atoms with van der Waals surface area (Å²) in [5.41, 5.74) is 2.17. The fourth-order valence-electron chi connectivity index (χ4n) is 3.91. The van der Waals surface area contributed by atoms with Gasteiger partial charge in [-0.25, -0.2) is 0 Å². The lowest BCUT2D eigenvalue weighted by atomic mass is 10.1. The molecule has 1 aromatic carbocycles. The van der Waals surface area contributed by atoms with Gasteiger partial charge in [-0.3, -0.25) is 9.59 Å². The van der Waals surface area contributed by atoms with Crippen molar-refractivity contribution in [1.82, 2.24) is 9.80 Å². The molecule has 0 aliphatic carbocycles. The van der Waals surface area contributed by atoms with E-state index in [2.05, 4.69) is 6.07 Å². The molecule has 0 fully saturated rings. The quantitative estimate of drug-likeness (QED) is 0.264. The number of benzene rings is 1. The largest absolute Gasteiger partial charge is 0.493 e. The van der Waals surface area contributed by atoms with Crippen molar-refractivity contribution < 1.29 is 28.2 Å². The highest BCUT2D eigenvalue weighted by Crippen LogP contribution is 2.28. The lowest BCUT2D eigenvalue weighted by molar-refractivity contribution is -0.132. The van der Waals surface area contributed by atoms with Crippen LogP contribution < -0.4 is 9.47 Å². The van der Waals surface area contributed by atoms with Crippen LogP contribution in [0.2, 0.25) is 0 Å². The predicted molar refractivity (Wildman–Crippen MR) is 143 cm³/mol. The van der Waals surface area contributed by atoms with Gasteiger partial charge in [0.1, 0.15) is 6.54 Å². The van der Waals surface area contributed by atoms with E-state index in [1.54, 1.807) is 42.6 Å². The minimum Gasteiger partial charge on any atom is -0.493 e. The van der Waals surface area contributed by atoms with Crippen LogP contribution in [0.3, 0.4) is 0 Å². The van der Waals surface area contributed by atoms with E-state index in [0.29, 0.717) is 57.2 Å². The van der Waals surface area contributed by atoms with Gasteiger partial charge in [-0.1, -0.05) is 6.07 Å². The van der Waals surface area contributed by atoms with Gasteiger partial charge in [0.25, 0.3) is 5.91 Å². The van der Waals surface area contributed by atoms with E-state index in [1.165, 1.54) is 6.26 Å². The number of carbonyl (C=O) groups excluding carboxylic acids is 2. The predicted octanol–water partition coefficient (Wildman–Crippen LogP) is 4.81. The van der Waals surface area contributed by atoms with Crippen LogP contribution in [0, 0.1) is 6.92 Å². The molecular weight excluding hydrogens is 492 g/mol. The van der Waals surface area contributed by atoms with E-state index in [0.717, 1.165) is 16.0 Å². The van der Waals surface area contributed by atoms with Gasteiger partial charge in [0.15, 0.2) is 17.3 Å². The molecule has 8 nitrogen and oxygen atoms in total. The van der Waals surface area contributed by atoms with Crippen LogP contribution in [0.4, 0.5) is 0 Å². The third-order valence-corrected chi connectivity index (χ3v) is 7.05. The Hall–Kier alpha value is -3.30. The second kappa shape index (κ2) is 14.4. The first-order valence-electron chi connectivity index (χ1n) is 12.4. The number of amides is 2. The summed E-state index contributed by atoms with van der Waals surface area (Å²) < 4.78 is 21.5. The Morgan fingerprint density at radius 2 is 1.84 bits per heavy atom. The molecule has 2 aromatic heterocycles. The molecule has 2 heterocycles. The van der Waals surface area contributed by atoms with Crippen LogP contribution in [0.1, 0.15) is 39.9 Å². The number of furan rings is 1. The Morgan fingerprint density at radius 3 is 2.49 bits per heavy atom. The minimum atomic E-state index is -0.304. The van der Waals surface area contributed by atoms with Crippen molar-refractivity contribution in [3.05, 3.63) is 69.8 Å². The average Bonchev–Trinajstić information content (AvgIpc) is 3.59. The van der Waals surface area contributed by atoms with E-state index in [9.17, 15) is 9.59 Å². The Morgan fingerprint density at radius 1 is 1.03 bits per heavy atom. The summed E-state index contributed by atoms with van der Waals surface area (Å²) in [4.78, 5) is 31.2. The van der Waals surface area contributed by atoms with Crippen molar-refractivity contribution >= 4 is 23.2 Å². The monoisotopic (exact) mass is 528 g/mol. The number of thiophene rings is 1. The van der Waals surface area contributed by atoms with E-state index < -0.39 is 0 Å². The molecule has 2 amide bonds. The fraction of sp³-hybridized carbons (Fsp3) is 0.429. The van der Waals surface area contributed by atoms with Crippen molar-refractivity contribution in [2.75, 3.05) is 47.1 Å². The second-order valence-corrected chi connectivity index (χ2v) is 9.54. The van der Waals surface area contributed by atoms with Crippen LogP contribution in [-0.2, 0) is 22.5 Å². The third kappa shape index (κ3) is 8.10. The third-order valence-electron chi connectivity index (χ3n) is 6.04. The average molecular weight is 529 g/mol. The van der Waals surface area contributed by atoms with Gasteiger partial charge in [0.2, 0.25) is 5.91 Å². The molecular formula is C28H36N2O6S. The topological polar surface area (TPSA) is 81.5 Å². The number of ether oxygens (including phenoxy) is 3. The highest BCUT2D eigenvalue weighted by Gasteiger charge is 2.24. The molecule has 0 spiro atoms. The number of nitrogens with zero attached hydrogens (tertiary/aromatic N) is 2.